The Bertz CT molecular complexity index is 532. The van der Waals surface area contributed by atoms with E-state index in [0.29, 0.717) is 17.4 Å². The lowest BCUT2D eigenvalue weighted by Crippen LogP contribution is -2.56. The summed E-state index contributed by atoms with van der Waals surface area (Å²) in [6.07, 6.45) is 8.60. The summed E-state index contributed by atoms with van der Waals surface area (Å²) < 4.78 is 0. The summed E-state index contributed by atoms with van der Waals surface area (Å²) in [5, 5.41) is 0. The number of benzene rings is 1. The van der Waals surface area contributed by atoms with Gasteiger partial charge in [-0.25, -0.2) is 0 Å². The summed E-state index contributed by atoms with van der Waals surface area (Å²) in [6.45, 7) is 13.1. The molecule has 1 aliphatic carbocycles. The molecule has 22 heavy (non-hydrogen) atoms. The predicted molar refractivity (Wildman–Crippen MR) is 94.9 cm³/mol. The van der Waals surface area contributed by atoms with Crippen molar-refractivity contribution in [3.05, 3.63) is 60.7 Å². The number of piperidine rings is 1. The van der Waals surface area contributed by atoms with Gasteiger partial charge in [0.1, 0.15) is 0 Å². The van der Waals surface area contributed by atoms with Gasteiger partial charge in [0.05, 0.1) is 0 Å². The minimum absolute atomic E-state index is 0.327. The van der Waals surface area contributed by atoms with Crippen LogP contribution in [-0.4, -0.2) is 24.0 Å². The Hall–Kier alpha value is -1.34. The largest absolute Gasteiger partial charge is 0.299 e. The maximum atomic E-state index is 4.34. The van der Waals surface area contributed by atoms with Crippen LogP contribution in [0.1, 0.15) is 38.2 Å². The van der Waals surface area contributed by atoms with Crippen LogP contribution in [0.15, 0.2) is 55.1 Å². The van der Waals surface area contributed by atoms with E-state index in [4.69, 9.17) is 0 Å². The molecule has 0 radical (unpaired) electrons. The fourth-order valence-corrected chi connectivity index (χ4v) is 4.84. The van der Waals surface area contributed by atoms with Crippen LogP contribution in [0.25, 0.3) is 0 Å². The zero-order chi connectivity index (χ0) is 15.6. The van der Waals surface area contributed by atoms with Crippen molar-refractivity contribution < 1.29 is 0 Å². The van der Waals surface area contributed by atoms with Crippen molar-refractivity contribution in [1.29, 1.82) is 0 Å². The summed E-state index contributed by atoms with van der Waals surface area (Å²) in [5.41, 5.74) is 3.16. The molecule has 1 heterocycles. The van der Waals surface area contributed by atoms with Gasteiger partial charge in [0.2, 0.25) is 0 Å². The molecule has 1 nitrogen and oxygen atoms in total. The quantitative estimate of drug-likeness (QED) is 0.702. The Morgan fingerprint density at radius 3 is 2.77 bits per heavy atom. The Morgan fingerprint density at radius 2 is 2.09 bits per heavy atom. The van der Waals surface area contributed by atoms with E-state index in [1.807, 2.05) is 0 Å². The molecule has 0 spiro atoms. The molecule has 0 N–H and O–H groups in total. The molecular formula is C21H29N. The van der Waals surface area contributed by atoms with Gasteiger partial charge in [-0.05, 0) is 50.1 Å². The lowest BCUT2D eigenvalue weighted by molar-refractivity contribution is -0.0123. The molecule has 0 aromatic heterocycles. The number of fused-ring (bicyclic) bond motifs is 2. The summed E-state index contributed by atoms with van der Waals surface area (Å²) in [6, 6.07) is 11.5. The highest BCUT2D eigenvalue weighted by molar-refractivity contribution is 5.21. The molecule has 1 aliphatic heterocycles. The maximum Gasteiger partial charge on any atom is 0.0166 e. The molecule has 2 bridgehead atoms. The normalized spacial score (nSPS) is 31.7. The Balaban J connectivity index is 1.73. The van der Waals surface area contributed by atoms with Crippen LogP contribution in [-0.2, 0) is 6.42 Å². The van der Waals surface area contributed by atoms with E-state index < -0.39 is 0 Å². The van der Waals surface area contributed by atoms with Crippen molar-refractivity contribution in [3.63, 3.8) is 0 Å². The number of likely N-dealkylation sites (tertiary alicyclic amines) is 1. The first kappa shape index (κ1) is 15.6. The Morgan fingerprint density at radius 1 is 1.32 bits per heavy atom. The molecular weight excluding hydrogens is 266 g/mol. The lowest BCUT2D eigenvalue weighted by Gasteiger charge is -2.56. The first-order valence-corrected chi connectivity index (χ1v) is 8.74. The highest BCUT2D eigenvalue weighted by atomic mass is 15.2. The highest BCUT2D eigenvalue weighted by Crippen LogP contribution is 2.53. The number of rotatable bonds is 5. The molecule has 1 aromatic rings. The molecule has 1 saturated heterocycles. The van der Waals surface area contributed by atoms with Crippen LogP contribution in [0.2, 0.25) is 0 Å². The fourth-order valence-electron chi connectivity index (χ4n) is 4.84. The predicted octanol–water partition coefficient (Wildman–Crippen LogP) is 4.85. The van der Waals surface area contributed by atoms with Gasteiger partial charge in [-0.15, -0.1) is 6.58 Å². The van der Waals surface area contributed by atoms with Crippen LogP contribution < -0.4 is 0 Å². The first-order valence-electron chi connectivity index (χ1n) is 8.74. The van der Waals surface area contributed by atoms with Crippen LogP contribution in [0.3, 0.4) is 0 Å². The second-order valence-electron chi connectivity index (χ2n) is 7.18. The fraction of sp³-hybridized carbons (Fsp3) is 0.524. The van der Waals surface area contributed by atoms with E-state index in [1.54, 1.807) is 0 Å². The molecule has 3 rings (SSSR count). The summed E-state index contributed by atoms with van der Waals surface area (Å²) in [7, 11) is 0. The second kappa shape index (κ2) is 6.42. The van der Waals surface area contributed by atoms with Gasteiger partial charge in [0, 0.05) is 18.5 Å². The van der Waals surface area contributed by atoms with Gasteiger partial charge in [0.15, 0.2) is 0 Å². The summed E-state index contributed by atoms with van der Waals surface area (Å²) in [5.74, 6) is 0.586. The second-order valence-corrected chi connectivity index (χ2v) is 7.18. The standard InChI is InChI=1S/C21H29N/c1-4-19-20-11-8-13-21(19,17(2)3)14-16-22(20)15-12-18-9-6-5-7-10-18/h4-7,9-10,19-20H,1-2,8,11-16H2,3H3. The van der Waals surface area contributed by atoms with Gasteiger partial charge >= 0.3 is 0 Å². The smallest absolute Gasteiger partial charge is 0.0166 e. The van der Waals surface area contributed by atoms with Crippen molar-refractivity contribution >= 4 is 0 Å². The van der Waals surface area contributed by atoms with Crippen LogP contribution >= 0.6 is 0 Å². The van der Waals surface area contributed by atoms with E-state index in [9.17, 15) is 0 Å². The summed E-state index contributed by atoms with van der Waals surface area (Å²) >= 11 is 0. The highest BCUT2D eigenvalue weighted by Gasteiger charge is 2.49. The maximum absolute atomic E-state index is 4.34. The van der Waals surface area contributed by atoms with E-state index in [-0.39, 0.29) is 0 Å². The van der Waals surface area contributed by atoms with Crippen molar-refractivity contribution in [3.8, 4) is 0 Å². The SMILES string of the molecule is C=CC1C2CCCC1(C(=C)C)CCN2CCc1ccccc1. The minimum Gasteiger partial charge on any atom is -0.299 e. The number of allylic oxidation sites excluding steroid dienone is 1. The van der Waals surface area contributed by atoms with E-state index in [1.165, 1.54) is 49.9 Å². The van der Waals surface area contributed by atoms with Gasteiger partial charge < -0.3 is 0 Å². The third-order valence-electron chi connectivity index (χ3n) is 6.12. The van der Waals surface area contributed by atoms with Gasteiger partial charge in [-0.2, -0.15) is 0 Å². The molecule has 3 unspecified atom stereocenters. The zero-order valence-electron chi connectivity index (χ0n) is 13.9. The van der Waals surface area contributed by atoms with Gasteiger partial charge in [-0.3, -0.25) is 4.90 Å². The van der Waals surface area contributed by atoms with Crippen LogP contribution in [0.5, 0.6) is 0 Å². The molecule has 3 atom stereocenters. The van der Waals surface area contributed by atoms with E-state index >= 15 is 0 Å². The molecule has 0 amide bonds. The van der Waals surface area contributed by atoms with Crippen molar-refractivity contribution in [2.24, 2.45) is 11.3 Å². The molecule has 1 heteroatoms. The Kier molecular flexibility index (Phi) is 4.54. The van der Waals surface area contributed by atoms with Crippen LogP contribution in [0.4, 0.5) is 0 Å². The van der Waals surface area contributed by atoms with Crippen LogP contribution in [0, 0.1) is 11.3 Å². The molecule has 1 saturated carbocycles. The van der Waals surface area contributed by atoms with Crippen molar-refractivity contribution in [2.75, 3.05) is 13.1 Å². The van der Waals surface area contributed by atoms with Crippen molar-refractivity contribution in [2.45, 2.75) is 45.1 Å². The number of hydrogen-bond donors (Lipinski definition) is 0. The molecule has 2 aliphatic rings. The van der Waals surface area contributed by atoms with Gasteiger partial charge in [-0.1, -0.05) is 55.0 Å². The van der Waals surface area contributed by atoms with Crippen molar-refractivity contribution in [1.82, 2.24) is 4.90 Å². The third-order valence-corrected chi connectivity index (χ3v) is 6.12. The number of hydrogen-bond acceptors (Lipinski definition) is 1. The monoisotopic (exact) mass is 295 g/mol. The Labute approximate surface area is 135 Å². The van der Waals surface area contributed by atoms with E-state index in [2.05, 4.69) is 61.4 Å². The summed E-state index contributed by atoms with van der Waals surface area (Å²) in [4.78, 5) is 2.72. The molecule has 2 fully saturated rings. The average Bonchev–Trinajstić information content (AvgIpc) is 2.54. The first-order chi connectivity index (χ1) is 10.7. The molecule has 1 aromatic carbocycles. The third kappa shape index (κ3) is 2.67. The molecule has 118 valence electrons. The number of nitrogens with zero attached hydrogens (tertiary/aromatic N) is 1. The minimum atomic E-state index is 0.327. The lowest BCUT2D eigenvalue weighted by atomic mass is 9.57. The topological polar surface area (TPSA) is 3.24 Å². The van der Waals surface area contributed by atoms with Gasteiger partial charge in [0.25, 0.3) is 0 Å². The average molecular weight is 295 g/mol. The zero-order valence-corrected chi connectivity index (χ0v) is 13.9. The van der Waals surface area contributed by atoms with E-state index in [0.717, 1.165) is 6.42 Å².